The molecule has 0 atom stereocenters. The lowest BCUT2D eigenvalue weighted by molar-refractivity contribution is -0.165. The molecular weight excluding hydrogens is 275 g/mol. The van der Waals surface area contributed by atoms with Crippen LogP contribution in [0.4, 0.5) is 18.9 Å². The van der Waals surface area contributed by atoms with Crippen molar-refractivity contribution in [1.82, 2.24) is 0 Å². The Labute approximate surface area is 113 Å². The van der Waals surface area contributed by atoms with Gasteiger partial charge in [-0.15, -0.1) is 0 Å². The number of anilines is 1. The Morgan fingerprint density at radius 2 is 1.75 bits per heavy atom. The van der Waals surface area contributed by atoms with Gasteiger partial charge in [0.15, 0.2) is 0 Å². The maximum absolute atomic E-state index is 12.1. The van der Waals surface area contributed by atoms with Gasteiger partial charge in [-0.3, -0.25) is 4.79 Å². The number of hydrogen-bond donors (Lipinski definition) is 1. The molecule has 0 heterocycles. The van der Waals surface area contributed by atoms with Crippen molar-refractivity contribution < 1.29 is 27.5 Å². The number of alkyl halides is 3. The predicted octanol–water partition coefficient (Wildman–Crippen LogP) is 2.92. The summed E-state index contributed by atoms with van der Waals surface area (Å²) in [5.74, 6) is -2.45. The van der Waals surface area contributed by atoms with Gasteiger partial charge in [-0.2, -0.15) is 13.2 Å². The Morgan fingerprint density at radius 3 is 2.20 bits per heavy atom. The van der Waals surface area contributed by atoms with Crippen LogP contribution in [0.15, 0.2) is 36.0 Å². The first-order valence-corrected chi connectivity index (χ1v) is 5.49. The molecule has 0 saturated heterocycles. The largest absolute Gasteiger partial charge is 0.465 e. The Hall–Kier alpha value is -2.31. The van der Waals surface area contributed by atoms with Gasteiger partial charge in [0.05, 0.1) is 12.7 Å². The van der Waals surface area contributed by atoms with E-state index < -0.39 is 17.9 Å². The van der Waals surface area contributed by atoms with E-state index in [0.29, 0.717) is 17.3 Å². The molecule has 4 nitrogen and oxygen atoms in total. The van der Waals surface area contributed by atoms with E-state index in [9.17, 15) is 22.8 Å². The molecule has 0 unspecified atom stereocenters. The molecular formula is C13H12F3NO3. The highest BCUT2D eigenvalue weighted by molar-refractivity contribution is 5.95. The van der Waals surface area contributed by atoms with Crippen molar-refractivity contribution in [2.24, 2.45) is 0 Å². The maximum Gasteiger partial charge on any atom is 0.454 e. The van der Waals surface area contributed by atoms with Crippen molar-refractivity contribution in [3.05, 3.63) is 41.6 Å². The van der Waals surface area contributed by atoms with E-state index in [1.54, 1.807) is 0 Å². The van der Waals surface area contributed by atoms with Crippen LogP contribution in [-0.4, -0.2) is 25.0 Å². The molecule has 0 bridgehead atoms. The smallest absolute Gasteiger partial charge is 0.454 e. The second kappa shape index (κ2) is 6.23. The molecule has 0 amide bonds. The molecule has 1 rings (SSSR count). The van der Waals surface area contributed by atoms with Crippen LogP contribution in [-0.2, 0) is 9.53 Å². The van der Waals surface area contributed by atoms with E-state index in [1.807, 2.05) is 0 Å². The van der Waals surface area contributed by atoms with Crippen molar-refractivity contribution in [3.63, 3.8) is 0 Å². The van der Waals surface area contributed by atoms with Gasteiger partial charge < -0.3 is 10.1 Å². The van der Waals surface area contributed by atoms with Gasteiger partial charge >= 0.3 is 12.1 Å². The number of hydrogen-bond acceptors (Lipinski definition) is 4. The second-order valence-corrected chi connectivity index (χ2v) is 3.88. The molecule has 7 heteroatoms. The fourth-order valence-corrected chi connectivity index (χ4v) is 1.35. The lowest BCUT2D eigenvalue weighted by atomic mass is 10.2. The zero-order valence-electron chi connectivity index (χ0n) is 10.7. The van der Waals surface area contributed by atoms with Crippen molar-refractivity contribution in [2.75, 3.05) is 12.4 Å². The summed E-state index contributed by atoms with van der Waals surface area (Å²) in [5, 5.41) is 2.62. The Morgan fingerprint density at radius 1 is 1.20 bits per heavy atom. The van der Waals surface area contributed by atoms with Gasteiger partial charge in [0, 0.05) is 17.5 Å². The van der Waals surface area contributed by atoms with E-state index in [-0.39, 0.29) is 5.70 Å². The van der Waals surface area contributed by atoms with Crippen LogP contribution in [0.1, 0.15) is 17.3 Å². The number of nitrogens with one attached hydrogen (secondary N) is 1. The SMILES string of the molecule is COC(=O)c1ccc(N/C(C)=C/C(=O)C(F)(F)F)cc1. The fraction of sp³-hybridized carbons (Fsp3) is 0.231. The number of allylic oxidation sites excluding steroid dienone is 2. The summed E-state index contributed by atoms with van der Waals surface area (Å²) in [6.07, 6.45) is -4.42. The van der Waals surface area contributed by atoms with Crippen LogP contribution in [0.25, 0.3) is 0 Å². The molecule has 0 spiro atoms. The number of carbonyl (C=O) groups is 2. The van der Waals surface area contributed by atoms with E-state index in [0.717, 1.165) is 0 Å². The number of ketones is 1. The maximum atomic E-state index is 12.1. The lowest BCUT2D eigenvalue weighted by Crippen LogP contribution is -2.21. The van der Waals surface area contributed by atoms with E-state index >= 15 is 0 Å². The first-order chi connectivity index (χ1) is 9.24. The number of ether oxygens (including phenoxy) is 1. The highest BCUT2D eigenvalue weighted by atomic mass is 19.4. The molecule has 20 heavy (non-hydrogen) atoms. The van der Waals surface area contributed by atoms with Crippen LogP contribution in [0.3, 0.4) is 0 Å². The summed E-state index contributed by atoms with van der Waals surface area (Å²) in [7, 11) is 1.24. The summed E-state index contributed by atoms with van der Waals surface area (Å²) in [4.78, 5) is 21.9. The minimum atomic E-state index is -4.89. The summed E-state index contributed by atoms with van der Waals surface area (Å²) in [6, 6.07) is 5.88. The van der Waals surface area contributed by atoms with Gasteiger partial charge in [0.1, 0.15) is 0 Å². The van der Waals surface area contributed by atoms with Crippen molar-refractivity contribution in [2.45, 2.75) is 13.1 Å². The van der Waals surface area contributed by atoms with Gasteiger partial charge in [-0.25, -0.2) is 4.79 Å². The molecule has 108 valence electrons. The summed E-state index contributed by atoms with van der Waals surface area (Å²) >= 11 is 0. The summed E-state index contributed by atoms with van der Waals surface area (Å²) in [6.45, 7) is 1.33. The van der Waals surface area contributed by atoms with Crippen molar-refractivity contribution in [1.29, 1.82) is 0 Å². The summed E-state index contributed by atoms with van der Waals surface area (Å²) < 4.78 is 40.7. The van der Waals surface area contributed by atoms with E-state index in [2.05, 4.69) is 10.1 Å². The number of halogens is 3. The predicted molar refractivity (Wildman–Crippen MR) is 66.2 cm³/mol. The van der Waals surface area contributed by atoms with Gasteiger partial charge in [-0.1, -0.05) is 0 Å². The van der Waals surface area contributed by atoms with Gasteiger partial charge in [-0.05, 0) is 31.2 Å². The first kappa shape index (κ1) is 15.7. The van der Waals surface area contributed by atoms with Crippen molar-refractivity contribution in [3.8, 4) is 0 Å². The number of methoxy groups -OCH3 is 1. The Kier molecular flexibility index (Phi) is 4.90. The molecule has 0 saturated carbocycles. The standard InChI is InChI=1S/C13H12F3NO3/c1-8(7-11(18)13(14,15)16)17-10-5-3-9(4-6-10)12(19)20-2/h3-7,17H,1-2H3/b8-7+. The summed E-state index contributed by atoms with van der Waals surface area (Å²) in [5.41, 5.74) is 0.797. The molecule has 0 aromatic heterocycles. The minimum absolute atomic E-state index is 0.0399. The molecule has 0 fully saturated rings. The third-order valence-corrected chi connectivity index (χ3v) is 2.27. The van der Waals surface area contributed by atoms with Crippen molar-refractivity contribution >= 4 is 17.4 Å². The second-order valence-electron chi connectivity index (χ2n) is 3.88. The average molecular weight is 287 g/mol. The topological polar surface area (TPSA) is 55.4 Å². The number of esters is 1. The molecule has 0 aliphatic carbocycles. The lowest BCUT2D eigenvalue weighted by Gasteiger charge is -2.08. The molecule has 0 radical (unpaired) electrons. The third-order valence-electron chi connectivity index (χ3n) is 2.27. The van der Waals surface area contributed by atoms with Crippen LogP contribution in [0.5, 0.6) is 0 Å². The van der Waals surface area contributed by atoms with E-state index in [4.69, 9.17) is 0 Å². The molecule has 1 N–H and O–H groups in total. The normalized spacial score (nSPS) is 11.9. The van der Waals surface area contributed by atoms with Crippen LogP contribution in [0.2, 0.25) is 0 Å². The number of benzene rings is 1. The quantitative estimate of drug-likeness (QED) is 0.683. The molecule has 0 aliphatic rings. The number of carbonyl (C=O) groups excluding carboxylic acids is 2. The molecule has 1 aromatic rings. The number of rotatable bonds is 4. The van der Waals surface area contributed by atoms with Gasteiger partial charge in [0.25, 0.3) is 5.78 Å². The minimum Gasteiger partial charge on any atom is -0.465 e. The highest BCUT2D eigenvalue weighted by Gasteiger charge is 2.36. The zero-order valence-corrected chi connectivity index (χ0v) is 10.7. The first-order valence-electron chi connectivity index (χ1n) is 5.49. The monoisotopic (exact) mass is 287 g/mol. The average Bonchev–Trinajstić information content (AvgIpc) is 2.37. The molecule has 1 aromatic carbocycles. The zero-order chi connectivity index (χ0) is 15.3. The van der Waals surface area contributed by atoms with Crippen LogP contribution >= 0.6 is 0 Å². The molecule has 0 aliphatic heterocycles. The highest BCUT2D eigenvalue weighted by Crippen LogP contribution is 2.18. The van der Waals surface area contributed by atoms with Gasteiger partial charge in [0.2, 0.25) is 0 Å². The van der Waals surface area contributed by atoms with E-state index in [1.165, 1.54) is 38.3 Å². The third kappa shape index (κ3) is 4.42. The Bertz CT molecular complexity index is 533. The van der Waals surface area contributed by atoms with Crippen LogP contribution in [0, 0.1) is 0 Å². The van der Waals surface area contributed by atoms with Crippen LogP contribution < -0.4 is 5.32 Å². The Balaban J connectivity index is 2.76. The fourth-order valence-electron chi connectivity index (χ4n) is 1.35.